The normalized spacial score (nSPS) is 21.3. The number of carbonyl (C=O) groups excluding carboxylic acids is 2. The van der Waals surface area contributed by atoms with E-state index in [0.29, 0.717) is 19.5 Å². The van der Waals surface area contributed by atoms with Gasteiger partial charge in [0.05, 0.1) is 12.5 Å². The van der Waals surface area contributed by atoms with Crippen LogP contribution in [0.4, 0.5) is 4.79 Å². The molecule has 1 aromatic carbocycles. The van der Waals surface area contributed by atoms with Crippen LogP contribution in [-0.4, -0.2) is 37.2 Å². The van der Waals surface area contributed by atoms with Crippen LogP contribution in [-0.2, 0) is 20.9 Å². The molecule has 1 aliphatic rings. The molecule has 2 rings (SSSR count). The minimum atomic E-state index is -0.598. The Morgan fingerprint density at radius 1 is 1.27 bits per heavy atom. The molecule has 1 fully saturated rings. The van der Waals surface area contributed by atoms with Crippen molar-refractivity contribution in [1.29, 1.82) is 0 Å². The van der Waals surface area contributed by atoms with Gasteiger partial charge in [0.15, 0.2) is 0 Å². The molecule has 5 heteroatoms. The van der Waals surface area contributed by atoms with E-state index in [1.807, 2.05) is 37.3 Å². The number of methoxy groups -OCH3 is 1. The maximum absolute atomic E-state index is 12.2. The zero-order valence-corrected chi connectivity index (χ0v) is 13.2. The number of nitrogens with zero attached hydrogens (tertiary/aromatic N) is 1. The van der Waals surface area contributed by atoms with Crippen molar-refractivity contribution in [2.75, 3.05) is 20.2 Å². The number of piperidine rings is 1. The molecule has 1 aromatic rings. The molecular weight excluding hydrogens is 282 g/mol. The number of hydrogen-bond donors (Lipinski definition) is 0. The van der Waals surface area contributed by atoms with Crippen molar-refractivity contribution in [2.45, 2.75) is 32.8 Å². The van der Waals surface area contributed by atoms with Gasteiger partial charge in [-0.05, 0) is 24.8 Å². The summed E-state index contributed by atoms with van der Waals surface area (Å²) in [6, 6.07) is 9.55. The number of amides is 1. The minimum absolute atomic E-state index is 0.240. The lowest BCUT2D eigenvalue weighted by Crippen LogP contribution is -2.50. The highest BCUT2D eigenvalue weighted by atomic mass is 16.6. The molecule has 0 N–H and O–H groups in total. The van der Waals surface area contributed by atoms with E-state index >= 15 is 0 Å². The Balaban J connectivity index is 1.96. The Labute approximate surface area is 131 Å². The van der Waals surface area contributed by atoms with E-state index in [1.165, 1.54) is 7.11 Å². The largest absolute Gasteiger partial charge is 0.469 e. The third-order valence-electron chi connectivity index (χ3n) is 4.34. The Kier molecular flexibility index (Phi) is 5.41. The van der Waals surface area contributed by atoms with Gasteiger partial charge in [-0.3, -0.25) is 4.79 Å². The first-order valence-electron chi connectivity index (χ1n) is 7.65. The highest BCUT2D eigenvalue weighted by Gasteiger charge is 2.43. The quantitative estimate of drug-likeness (QED) is 0.802. The molecular formula is C17H23NO4. The second-order valence-electron chi connectivity index (χ2n) is 5.69. The number of ether oxygens (including phenoxy) is 2. The standard InChI is InChI=1S/C17H23NO4/c1-3-17(15(19)21-2)10-7-11-18(13-17)16(20)22-12-14-8-5-4-6-9-14/h4-6,8-9H,3,7,10-13H2,1-2H3. The summed E-state index contributed by atoms with van der Waals surface area (Å²) < 4.78 is 10.3. The number of likely N-dealkylation sites (tertiary alicyclic amines) is 1. The third kappa shape index (κ3) is 3.59. The summed E-state index contributed by atoms with van der Waals surface area (Å²) in [6.07, 6.45) is 1.81. The van der Waals surface area contributed by atoms with Crippen molar-refractivity contribution in [3.63, 3.8) is 0 Å². The van der Waals surface area contributed by atoms with Crippen LogP contribution >= 0.6 is 0 Å². The Morgan fingerprint density at radius 2 is 2.00 bits per heavy atom. The van der Waals surface area contributed by atoms with Crippen molar-refractivity contribution in [2.24, 2.45) is 5.41 Å². The second-order valence-corrected chi connectivity index (χ2v) is 5.69. The minimum Gasteiger partial charge on any atom is -0.469 e. The molecule has 1 atom stereocenters. The number of esters is 1. The zero-order chi connectivity index (χ0) is 16.0. The van der Waals surface area contributed by atoms with Gasteiger partial charge in [0.2, 0.25) is 0 Å². The topological polar surface area (TPSA) is 55.8 Å². The summed E-state index contributed by atoms with van der Waals surface area (Å²) in [5.74, 6) is -0.240. The van der Waals surface area contributed by atoms with Gasteiger partial charge in [-0.25, -0.2) is 4.79 Å². The molecule has 1 saturated heterocycles. The second kappa shape index (κ2) is 7.29. The van der Waals surface area contributed by atoms with Gasteiger partial charge < -0.3 is 14.4 Å². The maximum atomic E-state index is 12.2. The predicted molar refractivity (Wildman–Crippen MR) is 82.2 cm³/mol. The summed E-state index contributed by atoms with van der Waals surface area (Å²) in [5.41, 5.74) is 0.348. The maximum Gasteiger partial charge on any atom is 0.410 e. The van der Waals surface area contributed by atoms with Gasteiger partial charge >= 0.3 is 12.1 Å². The van der Waals surface area contributed by atoms with Crippen LogP contribution in [0.2, 0.25) is 0 Å². The molecule has 0 bridgehead atoms. The van der Waals surface area contributed by atoms with Crippen molar-refractivity contribution in [3.05, 3.63) is 35.9 Å². The van der Waals surface area contributed by atoms with Gasteiger partial charge in [0.25, 0.3) is 0 Å². The van der Waals surface area contributed by atoms with E-state index in [9.17, 15) is 9.59 Å². The summed E-state index contributed by atoms with van der Waals surface area (Å²) in [4.78, 5) is 25.9. The van der Waals surface area contributed by atoms with E-state index in [2.05, 4.69) is 0 Å². The Morgan fingerprint density at radius 3 is 2.64 bits per heavy atom. The van der Waals surface area contributed by atoms with Crippen LogP contribution in [0.15, 0.2) is 30.3 Å². The van der Waals surface area contributed by atoms with Crippen molar-refractivity contribution in [3.8, 4) is 0 Å². The molecule has 0 spiro atoms. The predicted octanol–water partition coefficient (Wildman–Crippen LogP) is 2.99. The monoisotopic (exact) mass is 305 g/mol. The number of carbonyl (C=O) groups is 2. The molecule has 0 saturated carbocycles. The SMILES string of the molecule is CCC1(C(=O)OC)CCCN(C(=O)OCc2ccccc2)C1. The lowest BCUT2D eigenvalue weighted by molar-refractivity contribution is -0.156. The summed E-state index contributed by atoms with van der Waals surface area (Å²) >= 11 is 0. The average Bonchev–Trinajstić information content (AvgIpc) is 2.59. The van der Waals surface area contributed by atoms with Crippen LogP contribution in [0.25, 0.3) is 0 Å². The lowest BCUT2D eigenvalue weighted by atomic mass is 9.78. The Hall–Kier alpha value is -2.04. The fourth-order valence-electron chi connectivity index (χ4n) is 2.91. The van der Waals surface area contributed by atoms with Gasteiger partial charge in [0, 0.05) is 13.1 Å². The summed E-state index contributed by atoms with van der Waals surface area (Å²) in [7, 11) is 1.40. The van der Waals surface area contributed by atoms with Crippen molar-refractivity contribution < 1.29 is 19.1 Å². The lowest BCUT2D eigenvalue weighted by Gasteiger charge is -2.39. The smallest absolute Gasteiger partial charge is 0.410 e. The highest BCUT2D eigenvalue weighted by molar-refractivity contribution is 5.78. The first-order chi connectivity index (χ1) is 10.6. The van der Waals surface area contributed by atoms with Crippen LogP contribution in [0.1, 0.15) is 31.7 Å². The zero-order valence-electron chi connectivity index (χ0n) is 13.2. The molecule has 1 amide bonds. The van der Waals surface area contributed by atoms with E-state index in [4.69, 9.17) is 9.47 Å². The van der Waals surface area contributed by atoms with E-state index < -0.39 is 5.41 Å². The van der Waals surface area contributed by atoms with Gasteiger partial charge in [0.1, 0.15) is 6.61 Å². The average molecular weight is 305 g/mol. The van der Waals surface area contributed by atoms with Crippen molar-refractivity contribution >= 4 is 12.1 Å². The molecule has 1 aliphatic heterocycles. The van der Waals surface area contributed by atoms with Gasteiger partial charge in [-0.15, -0.1) is 0 Å². The fraction of sp³-hybridized carbons (Fsp3) is 0.529. The first-order valence-corrected chi connectivity index (χ1v) is 7.65. The van der Waals surface area contributed by atoms with Gasteiger partial charge in [-0.1, -0.05) is 37.3 Å². The summed E-state index contributed by atoms with van der Waals surface area (Å²) in [6.45, 7) is 3.18. The van der Waals surface area contributed by atoms with Crippen LogP contribution < -0.4 is 0 Å². The first kappa shape index (κ1) is 16.3. The van der Waals surface area contributed by atoms with Crippen LogP contribution in [0.3, 0.4) is 0 Å². The van der Waals surface area contributed by atoms with E-state index in [-0.39, 0.29) is 18.7 Å². The molecule has 0 aliphatic carbocycles. The summed E-state index contributed by atoms with van der Waals surface area (Å²) in [5, 5.41) is 0. The molecule has 120 valence electrons. The van der Waals surface area contributed by atoms with E-state index in [1.54, 1.807) is 4.90 Å². The molecule has 5 nitrogen and oxygen atoms in total. The van der Waals surface area contributed by atoms with Crippen LogP contribution in [0, 0.1) is 5.41 Å². The number of hydrogen-bond acceptors (Lipinski definition) is 4. The molecule has 1 unspecified atom stereocenters. The molecule has 1 heterocycles. The highest BCUT2D eigenvalue weighted by Crippen LogP contribution is 2.34. The fourth-order valence-corrected chi connectivity index (χ4v) is 2.91. The Bertz CT molecular complexity index is 517. The van der Waals surface area contributed by atoms with Gasteiger partial charge in [-0.2, -0.15) is 0 Å². The third-order valence-corrected chi connectivity index (χ3v) is 4.34. The molecule has 0 radical (unpaired) electrons. The number of rotatable bonds is 4. The van der Waals surface area contributed by atoms with Crippen LogP contribution in [0.5, 0.6) is 0 Å². The van der Waals surface area contributed by atoms with E-state index in [0.717, 1.165) is 18.4 Å². The molecule has 0 aromatic heterocycles. The number of benzene rings is 1. The van der Waals surface area contributed by atoms with Crippen molar-refractivity contribution in [1.82, 2.24) is 4.90 Å². The molecule has 22 heavy (non-hydrogen) atoms.